The maximum Gasteiger partial charge on any atom is 0.273 e. The first-order valence-corrected chi connectivity index (χ1v) is 8.70. The normalized spacial score (nSPS) is 22.2. The molecule has 2 rings (SSSR count). The molecule has 1 aliphatic rings. The third-order valence-corrected chi connectivity index (χ3v) is 6.01. The van der Waals surface area contributed by atoms with Gasteiger partial charge in [-0.25, -0.2) is 12.7 Å². The zero-order valence-corrected chi connectivity index (χ0v) is 14.2. The molecule has 0 unspecified atom stereocenters. The van der Waals surface area contributed by atoms with Gasteiger partial charge in [-0.3, -0.25) is 9.89 Å². The summed E-state index contributed by atoms with van der Waals surface area (Å²) in [6, 6.07) is -0.393. The van der Waals surface area contributed by atoms with E-state index in [1.54, 1.807) is 6.92 Å². The van der Waals surface area contributed by atoms with Crippen LogP contribution in [0.4, 0.5) is 0 Å². The van der Waals surface area contributed by atoms with Gasteiger partial charge in [0.25, 0.3) is 5.91 Å². The third kappa shape index (κ3) is 3.60. The molecule has 10 heteroatoms. The quantitative estimate of drug-likeness (QED) is 0.778. The predicted molar refractivity (Wildman–Crippen MR) is 81.4 cm³/mol. The van der Waals surface area contributed by atoms with Crippen LogP contribution in [0.25, 0.3) is 0 Å². The van der Waals surface area contributed by atoms with Gasteiger partial charge in [-0.1, -0.05) is 11.6 Å². The SMILES string of the molecule is Cc1[nH]nc(C(=O)N[C@H]2COC[C@H]2CS(=O)(=O)N(C)C)c1Cl. The summed E-state index contributed by atoms with van der Waals surface area (Å²) in [5.41, 5.74) is 0.696. The molecule has 2 atom stereocenters. The van der Waals surface area contributed by atoms with Crippen LogP contribution in [0.5, 0.6) is 0 Å². The lowest BCUT2D eigenvalue weighted by Crippen LogP contribution is -2.43. The molecule has 2 N–H and O–H groups in total. The van der Waals surface area contributed by atoms with Crippen LogP contribution in [0.3, 0.4) is 0 Å². The molecule has 1 aliphatic heterocycles. The minimum absolute atomic E-state index is 0.0850. The maximum atomic E-state index is 12.2. The van der Waals surface area contributed by atoms with Crippen molar-refractivity contribution < 1.29 is 17.9 Å². The van der Waals surface area contributed by atoms with Gasteiger partial charge >= 0.3 is 0 Å². The number of nitrogens with zero attached hydrogens (tertiary/aromatic N) is 2. The highest BCUT2D eigenvalue weighted by Crippen LogP contribution is 2.20. The molecule has 0 radical (unpaired) electrons. The van der Waals surface area contributed by atoms with E-state index >= 15 is 0 Å². The molecule has 0 aromatic carbocycles. The Morgan fingerprint density at radius 2 is 2.18 bits per heavy atom. The molecule has 1 aromatic heterocycles. The summed E-state index contributed by atoms with van der Waals surface area (Å²) in [7, 11) is -0.410. The Morgan fingerprint density at radius 1 is 1.50 bits per heavy atom. The number of aryl methyl sites for hydroxylation is 1. The van der Waals surface area contributed by atoms with Gasteiger partial charge in [0.1, 0.15) is 0 Å². The molecular weight excluding hydrogens is 332 g/mol. The van der Waals surface area contributed by atoms with Crippen LogP contribution in [0.1, 0.15) is 16.2 Å². The molecule has 124 valence electrons. The van der Waals surface area contributed by atoms with Crippen molar-refractivity contribution in [2.75, 3.05) is 33.1 Å². The summed E-state index contributed by atoms with van der Waals surface area (Å²) < 4.78 is 30.4. The minimum Gasteiger partial charge on any atom is -0.379 e. The highest BCUT2D eigenvalue weighted by atomic mass is 35.5. The van der Waals surface area contributed by atoms with Crippen molar-refractivity contribution in [2.24, 2.45) is 5.92 Å². The highest BCUT2D eigenvalue weighted by Gasteiger charge is 2.35. The van der Waals surface area contributed by atoms with Crippen LogP contribution < -0.4 is 5.32 Å². The zero-order valence-electron chi connectivity index (χ0n) is 12.6. The lowest BCUT2D eigenvalue weighted by Gasteiger charge is -2.20. The van der Waals surface area contributed by atoms with E-state index in [9.17, 15) is 13.2 Å². The topological polar surface area (TPSA) is 104 Å². The molecule has 1 amide bonds. The number of hydrogen-bond acceptors (Lipinski definition) is 5. The van der Waals surface area contributed by atoms with Crippen molar-refractivity contribution in [1.82, 2.24) is 19.8 Å². The highest BCUT2D eigenvalue weighted by molar-refractivity contribution is 7.89. The smallest absolute Gasteiger partial charge is 0.273 e. The minimum atomic E-state index is -3.36. The van der Waals surface area contributed by atoms with Crippen LogP contribution in [0.15, 0.2) is 0 Å². The van der Waals surface area contributed by atoms with Gasteiger partial charge in [0.15, 0.2) is 5.69 Å². The Morgan fingerprint density at radius 3 is 2.73 bits per heavy atom. The fourth-order valence-corrected chi connectivity index (χ4v) is 3.48. The van der Waals surface area contributed by atoms with E-state index in [1.807, 2.05) is 0 Å². The average molecular weight is 351 g/mol. The van der Waals surface area contributed by atoms with E-state index in [0.717, 1.165) is 4.31 Å². The monoisotopic (exact) mass is 350 g/mol. The van der Waals surface area contributed by atoms with Crippen LogP contribution >= 0.6 is 11.6 Å². The zero-order chi connectivity index (χ0) is 16.5. The van der Waals surface area contributed by atoms with E-state index in [0.29, 0.717) is 5.69 Å². The number of hydrogen-bond donors (Lipinski definition) is 2. The lowest BCUT2D eigenvalue weighted by molar-refractivity contribution is 0.0921. The molecule has 1 saturated heterocycles. The number of amides is 1. The number of ether oxygens (including phenoxy) is 1. The van der Waals surface area contributed by atoms with E-state index in [2.05, 4.69) is 15.5 Å². The summed E-state index contributed by atoms with van der Waals surface area (Å²) in [5.74, 6) is -0.842. The number of H-pyrrole nitrogens is 1. The summed E-state index contributed by atoms with van der Waals surface area (Å²) >= 11 is 5.99. The van der Waals surface area contributed by atoms with E-state index in [4.69, 9.17) is 16.3 Å². The average Bonchev–Trinajstić information content (AvgIpc) is 2.98. The fraction of sp³-hybridized carbons (Fsp3) is 0.667. The predicted octanol–water partition coefficient (Wildman–Crippen LogP) is 0.00772. The summed E-state index contributed by atoms with van der Waals surface area (Å²) in [5, 5.41) is 9.48. The summed E-state index contributed by atoms with van der Waals surface area (Å²) in [4.78, 5) is 12.2. The molecule has 0 aliphatic carbocycles. The first-order chi connectivity index (χ1) is 10.2. The van der Waals surface area contributed by atoms with Crippen molar-refractivity contribution >= 4 is 27.5 Å². The molecule has 0 bridgehead atoms. The Hall–Kier alpha value is -1.16. The van der Waals surface area contributed by atoms with Gasteiger partial charge in [-0.15, -0.1) is 0 Å². The van der Waals surface area contributed by atoms with Gasteiger partial charge in [0.2, 0.25) is 10.0 Å². The van der Waals surface area contributed by atoms with Gasteiger partial charge in [0.05, 0.1) is 35.7 Å². The lowest BCUT2D eigenvalue weighted by atomic mass is 10.1. The van der Waals surface area contributed by atoms with Crippen LogP contribution in [-0.2, 0) is 14.8 Å². The number of sulfonamides is 1. The summed E-state index contributed by atoms with van der Waals surface area (Å²) in [6.45, 7) is 2.25. The molecular formula is C12H19ClN4O4S. The van der Waals surface area contributed by atoms with E-state index < -0.39 is 22.0 Å². The van der Waals surface area contributed by atoms with E-state index in [-0.39, 0.29) is 35.6 Å². The Bertz CT molecular complexity index is 658. The molecule has 2 heterocycles. The molecule has 8 nitrogen and oxygen atoms in total. The van der Waals surface area contributed by atoms with Crippen LogP contribution in [0.2, 0.25) is 5.02 Å². The second-order valence-corrected chi connectivity index (χ2v) is 8.06. The first kappa shape index (κ1) is 17.2. The molecule has 22 heavy (non-hydrogen) atoms. The van der Waals surface area contributed by atoms with Crippen molar-refractivity contribution in [2.45, 2.75) is 13.0 Å². The van der Waals surface area contributed by atoms with Gasteiger partial charge in [-0.05, 0) is 6.92 Å². The Balaban J connectivity index is 2.05. The first-order valence-electron chi connectivity index (χ1n) is 6.71. The van der Waals surface area contributed by atoms with Crippen molar-refractivity contribution in [3.8, 4) is 0 Å². The maximum absolute atomic E-state index is 12.2. The number of rotatable bonds is 5. The molecule has 0 saturated carbocycles. The number of nitrogens with one attached hydrogen (secondary N) is 2. The van der Waals surface area contributed by atoms with Gasteiger partial charge in [0, 0.05) is 20.0 Å². The van der Waals surface area contributed by atoms with Crippen LogP contribution in [-0.4, -0.2) is 67.9 Å². The van der Waals surface area contributed by atoms with Crippen molar-refractivity contribution in [1.29, 1.82) is 0 Å². The molecule has 1 aromatic rings. The fourth-order valence-electron chi connectivity index (χ4n) is 2.14. The van der Waals surface area contributed by atoms with Gasteiger partial charge in [-0.2, -0.15) is 5.10 Å². The second-order valence-electron chi connectivity index (χ2n) is 5.45. The van der Waals surface area contributed by atoms with Crippen LogP contribution in [0, 0.1) is 12.8 Å². The number of aromatic amines is 1. The van der Waals surface area contributed by atoms with Crippen molar-refractivity contribution in [3.05, 3.63) is 16.4 Å². The second kappa shape index (κ2) is 6.53. The molecule has 1 fully saturated rings. The Kier molecular flexibility index (Phi) is 5.10. The summed E-state index contributed by atoms with van der Waals surface area (Å²) in [6.07, 6.45) is 0. The van der Waals surface area contributed by atoms with Gasteiger partial charge < -0.3 is 10.1 Å². The number of halogens is 1. The number of carbonyl (C=O) groups is 1. The Labute approximate surface area is 134 Å². The standard InChI is InChI=1S/C12H19ClN4O4S/c1-7-10(13)11(16-15-7)12(18)14-9-5-21-4-8(9)6-22(19,20)17(2)3/h8-9H,4-6H2,1-3H3,(H,14,18)(H,15,16)/t8-,9-/m0/s1. The third-order valence-electron chi connectivity index (χ3n) is 3.58. The largest absolute Gasteiger partial charge is 0.379 e. The number of carbonyl (C=O) groups excluding carboxylic acids is 1. The van der Waals surface area contributed by atoms with E-state index in [1.165, 1.54) is 14.1 Å². The molecule has 0 spiro atoms. The number of aromatic nitrogens is 2. The van der Waals surface area contributed by atoms with Crippen molar-refractivity contribution in [3.63, 3.8) is 0 Å².